The number of aromatic amines is 1. The van der Waals surface area contributed by atoms with Crippen LogP contribution >= 0.6 is 0 Å². The van der Waals surface area contributed by atoms with Gasteiger partial charge in [0, 0.05) is 18.7 Å². The van der Waals surface area contributed by atoms with Crippen LogP contribution in [0.4, 0.5) is 0 Å². The Kier molecular flexibility index (Phi) is 5.59. The molecule has 2 fully saturated rings. The number of aryl methyl sites for hydroxylation is 1. The van der Waals surface area contributed by atoms with Gasteiger partial charge in [0.05, 0.1) is 25.7 Å². The van der Waals surface area contributed by atoms with Crippen molar-refractivity contribution in [1.82, 2.24) is 9.55 Å². The predicted molar refractivity (Wildman–Crippen MR) is 105 cm³/mol. The molecule has 0 unspecified atom stereocenters. The third kappa shape index (κ3) is 3.83. The SMILES string of the molecule is CC(=O)OC[C@@]12COC[C@@H]([C@H](n3cc(C)c(=O)[nH]c3=O)O1)[C@@H]2OCc1ccccc1. The number of hydrogen-bond acceptors (Lipinski definition) is 7. The molecule has 2 bridgehead atoms. The molecule has 160 valence electrons. The highest BCUT2D eigenvalue weighted by molar-refractivity contribution is 5.66. The van der Waals surface area contributed by atoms with Crippen molar-refractivity contribution < 1.29 is 23.7 Å². The first-order valence-corrected chi connectivity index (χ1v) is 9.76. The summed E-state index contributed by atoms with van der Waals surface area (Å²) in [5.74, 6) is -0.779. The molecule has 1 aromatic heterocycles. The molecule has 0 saturated carbocycles. The van der Waals surface area contributed by atoms with Gasteiger partial charge in [0.2, 0.25) is 0 Å². The molecular formula is C21H24N2O7. The van der Waals surface area contributed by atoms with Gasteiger partial charge in [-0.05, 0) is 12.5 Å². The molecule has 2 aromatic rings. The largest absolute Gasteiger partial charge is 0.463 e. The zero-order chi connectivity index (χ0) is 21.3. The summed E-state index contributed by atoms with van der Waals surface area (Å²) in [6.45, 7) is 3.66. The first-order valence-electron chi connectivity index (χ1n) is 9.76. The van der Waals surface area contributed by atoms with E-state index in [4.69, 9.17) is 18.9 Å². The van der Waals surface area contributed by atoms with E-state index in [1.54, 1.807) is 6.92 Å². The second-order valence-corrected chi connectivity index (χ2v) is 7.73. The number of nitrogens with one attached hydrogen (secondary N) is 1. The minimum Gasteiger partial charge on any atom is -0.463 e. The number of benzene rings is 1. The first kappa shape index (κ1) is 20.5. The molecule has 3 heterocycles. The van der Waals surface area contributed by atoms with Crippen LogP contribution in [0.1, 0.15) is 24.3 Å². The highest BCUT2D eigenvalue weighted by Crippen LogP contribution is 2.46. The zero-order valence-corrected chi connectivity index (χ0v) is 16.8. The van der Waals surface area contributed by atoms with Crippen molar-refractivity contribution in [3.05, 3.63) is 68.5 Å². The maximum absolute atomic E-state index is 12.5. The van der Waals surface area contributed by atoms with Crippen LogP contribution in [0.3, 0.4) is 0 Å². The van der Waals surface area contributed by atoms with Gasteiger partial charge in [-0.15, -0.1) is 0 Å². The summed E-state index contributed by atoms with van der Waals surface area (Å²) in [4.78, 5) is 38.0. The van der Waals surface area contributed by atoms with Crippen LogP contribution in [-0.2, 0) is 30.3 Å². The summed E-state index contributed by atoms with van der Waals surface area (Å²) in [6, 6.07) is 9.68. The quantitative estimate of drug-likeness (QED) is 0.697. The summed E-state index contributed by atoms with van der Waals surface area (Å²) in [6.07, 6.45) is 0.266. The van der Waals surface area contributed by atoms with Gasteiger partial charge in [0.15, 0.2) is 5.60 Å². The number of fused-ring (bicyclic) bond motifs is 2. The number of carbonyl (C=O) groups excluding carboxylic acids is 1. The molecule has 1 aromatic carbocycles. The van der Waals surface area contributed by atoms with Crippen LogP contribution in [-0.4, -0.2) is 47.0 Å². The van der Waals surface area contributed by atoms with Crippen LogP contribution in [0.2, 0.25) is 0 Å². The fraction of sp³-hybridized carbons (Fsp3) is 0.476. The maximum atomic E-state index is 12.5. The predicted octanol–water partition coefficient (Wildman–Crippen LogP) is 0.908. The molecule has 2 aliphatic heterocycles. The molecule has 9 heteroatoms. The Morgan fingerprint density at radius 1 is 1.30 bits per heavy atom. The number of ether oxygens (including phenoxy) is 4. The van der Waals surface area contributed by atoms with E-state index in [0.717, 1.165) is 5.56 Å². The molecule has 0 aliphatic carbocycles. The molecular weight excluding hydrogens is 392 g/mol. The summed E-state index contributed by atoms with van der Waals surface area (Å²) < 4.78 is 24.9. The highest BCUT2D eigenvalue weighted by Gasteiger charge is 2.60. The number of hydrogen-bond donors (Lipinski definition) is 1. The van der Waals surface area contributed by atoms with E-state index in [9.17, 15) is 14.4 Å². The number of nitrogens with zero attached hydrogens (tertiary/aromatic N) is 1. The van der Waals surface area contributed by atoms with E-state index in [1.807, 2.05) is 30.3 Å². The van der Waals surface area contributed by atoms with Crippen molar-refractivity contribution in [2.45, 2.75) is 38.4 Å². The lowest BCUT2D eigenvalue weighted by Gasteiger charge is -2.37. The van der Waals surface area contributed by atoms with Gasteiger partial charge in [-0.1, -0.05) is 30.3 Å². The van der Waals surface area contributed by atoms with Crippen molar-refractivity contribution in [2.75, 3.05) is 19.8 Å². The fourth-order valence-electron chi connectivity index (χ4n) is 4.04. The average molecular weight is 416 g/mol. The van der Waals surface area contributed by atoms with Gasteiger partial charge >= 0.3 is 11.7 Å². The smallest absolute Gasteiger partial charge is 0.330 e. The van der Waals surface area contributed by atoms with Gasteiger partial charge in [0.1, 0.15) is 18.9 Å². The van der Waals surface area contributed by atoms with E-state index < -0.39 is 35.2 Å². The van der Waals surface area contributed by atoms with Gasteiger partial charge in [-0.2, -0.15) is 0 Å². The molecule has 9 nitrogen and oxygen atoms in total. The monoisotopic (exact) mass is 416 g/mol. The Balaban J connectivity index is 1.67. The minimum atomic E-state index is -1.06. The van der Waals surface area contributed by atoms with Crippen LogP contribution < -0.4 is 11.2 Å². The average Bonchev–Trinajstić information content (AvgIpc) is 2.89. The van der Waals surface area contributed by atoms with Crippen molar-refractivity contribution >= 4 is 5.97 Å². The molecule has 0 spiro atoms. The standard InChI is InChI=1S/C21H24N2O7/c1-13-8-23(20(26)22-18(13)25)19-16-10-27-11-21(30-19,12-29-14(2)24)17(16)28-9-15-6-4-3-5-7-15/h3-8,16-17,19H,9-12H2,1-2H3,(H,22,25,26)/t16-,17+,19-,21-/m1/s1. The second-order valence-electron chi connectivity index (χ2n) is 7.73. The van der Waals surface area contributed by atoms with Gasteiger partial charge < -0.3 is 18.9 Å². The molecule has 4 atom stereocenters. The van der Waals surface area contributed by atoms with E-state index in [2.05, 4.69) is 4.98 Å². The fourth-order valence-corrected chi connectivity index (χ4v) is 4.04. The zero-order valence-electron chi connectivity index (χ0n) is 16.8. The maximum Gasteiger partial charge on any atom is 0.330 e. The van der Waals surface area contributed by atoms with E-state index in [-0.39, 0.29) is 19.1 Å². The van der Waals surface area contributed by atoms with Crippen molar-refractivity contribution in [3.63, 3.8) is 0 Å². The Morgan fingerprint density at radius 3 is 2.80 bits per heavy atom. The molecule has 0 radical (unpaired) electrons. The third-order valence-electron chi connectivity index (χ3n) is 5.50. The lowest BCUT2D eigenvalue weighted by atomic mass is 9.88. The number of H-pyrrole nitrogens is 1. The van der Waals surface area contributed by atoms with Gasteiger partial charge in [-0.25, -0.2) is 4.79 Å². The Morgan fingerprint density at radius 2 is 2.07 bits per heavy atom. The van der Waals surface area contributed by atoms with Crippen LogP contribution in [0, 0.1) is 12.8 Å². The molecule has 30 heavy (non-hydrogen) atoms. The normalized spacial score (nSPS) is 27.7. The first-order chi connectivity index (χ1) is 14.4. The number of carbonyl (C=O) groups is 1. The van der Waals surface area contributed by atoms with E-state index in [0.29, 0.717) is 18.8 Å². The molecule has 2 aliphatic rings. The van der Waals surface area contributed by atoms with Crippen LogP contribution in [0.5, 0.6) is 0 Å². The summed E-state index contributed by atoms with van der Waals surface area (Å²) in [5, 5.41) is 0. The summed E-state index contributed by atoms with van der Waals surface area (Å²) in [5.41, 5.74) is -0.708. The van der Waals surface area contributed by atoms with Gasteiger partial charge in [0.25, 0.3) is 5.56 Å². The topological polar surface area (TPSA) is 109 Å². The van der Waals surface area contributed by atoms with Crippen molar-refractivity contribution in [1.29, 1.82) is 0 Å². The van der Waals surface area contributed by atoms with E-state index in [1.165, 1.54) is 17.7 Å². The lowest BCUT2D eigenvalue weighted by molar-refractivity contribution is -0.193. The summed E-state index contributed by atoms with van der Waals surface area (Å²) in [7, 11) is 0. The van der Waals surface area contributed by atoms with Crippen LogP contribution in [0.15, 0.2) is 46.1 Å². The second kappa shape index (κ2) is 8.17. The number of esters is 1. The third-order valence-corrected chi connectivity index (χ3v) is 5.50. The highest BCUT2D eigenvalue weighted by atomic mass is 16.6. The number of aromatic nitrogens is 2. The molecule has 4 rings (SSSR count). The summed E-state index contributed by atoms with van der Waals surface area (Å²) >= 11 is 0. The molecule has 0 amide bonds. The number of rotatable bonds is 6. The van der Waals surface area contributed by atoms with Crippen molar-refractivity contribution in [3.8, 4) is 0 Å². The molecule has 1 N–H and O–H groups in total. The van der Waals surface area contributed by atoms with Gasteiger partial charge in [-0.3, -0.25) is 19.1 Å². The Labute approximate surface area is 172 Å². The van der Waals surface area contributed by atoms with Crippen molar-refractivity contribution in [2.24, 2.45) is 5.92 Å². The van der Waals surface area contributed by atoms with Crippen LogP contribution in [0.25, 0.3) is 0 Å². The Hall–Kier alpha value is -2.75. The lowest BCUT2D eigenvalue weighted by Crippen LogP contribution is -2.54. The Bertz CT molecular complexity index is 1030. The minimum absolute atomic E-state index is 0.0636. The van der Waals surface area contributed by atoms with E-state index >= 15 is 0 Å². The molecule has 2 saturated heterocycles.